The SMILES string of the molecule is Cc1ccccc1NC(=O)COc1ccc(N(C)C(=O)C(C)(C)C)cc1. The zero-order valence-corrected chi connectivity index (χ0v) is 16.0. The maximum absolute atomic E-state index is 12.3. The van der Waals surface area contributed by atoms with E-state index in [1.807, 2.05) is 52.0 Å². The number of hydrogen-bond donors (Lipinski definition) is 1. The van der Waals surface area contributed by atoms with Crippen LogP contribution in [0.25, 0.3) is 0 Å². The van der Waals surface area contributed by atoms with Crippen molar-refractivity contribution in [2.45, 2.75) is 27.7 Å². The average molecular weight is 354 g/mol. The molecule has 2 aromatic rings. The number of benzene rings is 2. The highest BCUT2D eigenvalue weighted by Crippen LogP contribution is 2.24. The summed E-state index contributed by atoms with van der Waals surface area (Å²) in [6.07, 6.45) is 0. The van der Waals surface area contributed by atoms with Gasteiger partial charge in [-0.3, -0.25) is 9.59 Å². The van der Waals surface area contributed by atoms with Crippen LogP contribution < -0.4 is 15.0 Å². The number of aryl methyl sites for hydroxylation is 1. The Labute approximate surface area is 155 Å². The fourth-order valence-corrected chi connectivity index (χ4v) is 2.43. The van der Waals surface area contributed by atoms with E-state index in [0.717, 1.165) is 16.9 Å². The van der Waals surface area contributed by atoms with Crippen molar-refractivity contribution in [3.05, 3.63) is 54.1 Å². The van der Waals surface area contributed by atoms with Crippen LogP contribution in [-0.4, -0.2) is 25.5 Å². The summed E-state index contributed by atoms with van der Waals surface area (Å²) in [6.45, 7) is 7.51. The number of amides is 2. The number of nitrogens with one attached hydrogen (secondary N) is 1. The number of anilines is 2. The predicted molar refractivity (Wildman–Crippen MR) is 105 cm³/mol. The normalized spacial score (nSPS) is 11.0. The minimum atomic E-state index is -0.447. The summed E-state index contributed by atoms with van der Waals surface area (Å²) in [5.41, 5.74) is 2.11. The first-order chi connectivity index (χ1) is 12.2. The highest BCUT2D eigenvalue weighted by molar-refractivity contribution is 5.96. The second kappa shape index (κ2) is 8.04. The summed E-state index contributed by atoms with van der Waals surface area (Å²) in [5.74, 6) is 0.387. The third-order valence-electron chi connectivity index (χ3n) is 3.96. The van der Waals surface area contributed by atoms with E-state index in [2.05, 4.69) is 5.32 Å². The number of rotatable bonds is 5. The standard InChI is InChI=1S/C21H26N2O3/c1-15-8-6-7-9-18(15)22-19(24)14-26-17-12-10-16(11-13-17)23(5)20(25)21(2,3)4/h6-13H,14H2,1-5H3,(H,22,24). The van der Waals surface area contributed by atoms with Crippen molar-refractivity contribution < 1.29 is 14.3 Å². The number of carbonyl (C=O) groups is 2. The molecule has 0 fully saturated rings. The van der Waals surface area contributed by atoms with Gasteiger partial charge in [0.15, 0.2) is 6.61 Å². The Morgan fingerprint density at radius 3 is 2.23 bits per heavy atom. The molecule has 0 unspecified atom stereocenters. The maximum atomic E-state index is 12.3. The summed E-state index contributed by atoms with van der Waals surface area (Å²) >= 11 is 0. The molecule has 138 valence electrons. The fourth-order valence-electron chi connectivity index (χ4n) is 2.43. The Morgan fingerprint density at radius 1 is 1.04 bits per heavy atom. The Kier molecular flexibility index (Phi) is 6.03. The lowest BCUT2D eigenvalue weighted by molar-refractivity contribution is -0.125. The molecule has 0 saturated carbocycles. The molecule has 26 heavy (non-hydrogen) atoms. The molecule has 0 heterocycles. The molecule has 5 heteroatoms. The molecule has 0 aromatic heterocycles. The molecule has 0 saturated heterocycles. The molecule has 2 aromatic carbocycles. The largest absolute Gasteiger partial charge is 0.484 e. The fraction of sp³-hybridized carbons (Fsp3) is 0.333. The van der Waals surface area contributed by atoms with Crippen molar-refractivity contribution in [1.29, 1.82) is 0 Å². The van der Waals surface area contributed by atoms with E-state index in [4.69, 9.17) is 4.74 Å². The Hall–Kier alpha value is -2.82. The van der Waals surface area contributed by atoms with Crippen LogP contribution >= 0.6 is 0 Å². The highest BCUT2D eigenvalue weighted by atomic mass is 16.5. The van der Waals surface area contributed by atoms with E-state index in [1.165, 1.54) is 0 Å². The summed E-state index contributed by atoms with van der Waals surface area (Å²) in [6, 6.07) is 14.7. The molecule has 0 spiro atoms. The van der Waals surface area contributed by atoms with Gasteiger partial charge < -0.3 is 15.0 Å². The third-order valence-corrected chi connectivity index (χ3v) is 3.96. The Bertz CT molecular complexity index is 777. The minimum Gasteiger partial charge on any atom is -0.484 e. The van der Waals surface area contributed by atoms with E-state index in [9.17, 15) is 9.59 Å². The second-order valence-electron chi connectivity index (χ2n) is 7.26. The maximum Gasteiger partial charge on any atom is 0.262 e. The Morgan fingerprint density at radius 2 is 1.65 bits per heavy atom. The van der Waals surface area contributed by atoms with E-state index in [0.29, 0.717) is 5.75 Å². The first-order valence-electron chi connectivity index (χ1n) is 8.55. The van der Waals surface area contributed by atoms with E-state index >= 15 is 0 Å². The van der Waals surface area contributed by atoms with Crippen molar-refractivity contribution in [2.75, 3.05) is 23.9 Å². The summed E-state index contributed by atoms with van der Waals surface area (Å²) in [5, 5.41) is 2.82. The van der Waals surface area contributed by atoms with Crippen LogP contribution in [0, 0.1) is 12.3 Å². The van der Waals surface area contributed by atoms with Crippen LogP contribution in [0.2, 0.25) is 0 Å². The van der Waals surface area contributed by atoms with Gasteiger partial charge in [-0.05, 0) is 42.8 Å². The van der Waals surface area contributed by atoms with Crippen LogP contribution in [-0.2, 0) is 9.59 Å². The van der Waals surface area contributed by atoms with Gasteiger partial charge in [0.05, 0.1) is 0 Å². The second-order valence-corrected chi connectivity index (χ2v) is 7.26. The van der Waals surface area contributed by atoms with Gasteiger partial charge in [0.1, 0.15) is 5.75 Å². The monoisotopic (exact) mass is 354 g/mol. The summed E-state index contributed by atoms with van der Waals surface area (Å²) in [4.78, 5) is 26.0. The molecule has 1 N–H and O–H groups in total. The molecular weight excluding hydrogens is 328 g/mol. The first kappa shape index (κ1) is 19.5. The van der Waals surface area contributed by atoms with Gasteiger partial charge in [-0.2, -0.15) is 0 Å². The van der Waals surface area contributed by atoms with Gasteiger partial charge in [0, 0.05) is 23.8 Å². The van der Waals surface area contributed by atoms with Gasteiger partial charge in [-0.1, -0.05) is 39.0 Å². The third kappa shape index (κ3) is 5.09. The van der Waals surface area contributed by atoms with Gasteiger partial charge >= 0.3 is 0 Å². The molecule has 0 atom stereocenters. The van der Waals surface area contributed by atoms with Crippen LogP contribution in [0.4, 0.5) is 11.4 Å². The predicted octanol–water partition coefficient (Wildman–Crippen LogP) is 4.02. The lowest BCUT2D eigenvalue weighted by atomic mass is 9.95. The van der Waals surface area contributed by atoms with Crippen molar-refractivity contribution >= 4 is 23.2 Å². The molecule has 0 aliphatic carbocycles. The molecular formula is C21H26N2O3. The lowest BCUT2D eigenvalue weighted by Gasteiger charge is -2.26. The molecule has 5 nitrogen and oxygen atoms in total. The van der Waals surface area contributed by atoms with Crippen LogP contribution in [0.5, 0.6) is 5.75 Å². The summed E-state index contributed by atoms with van der Waals surface area (Å²) < 4.78 is 5.53. The topological polar surface area (TPSA) is 58.6 Å². The van der Waals surface area contributed by atoms with Gasteiger partial charge in [-0.15, -0.1) is 0 Å². The number of hydrogen-bond acceptors (Lipinski definition) is 3. The number of para-hydroxylation sites is 1. The molecule has 0 radical (unpaired) electrons. The number of ether oxygens (including phenoxy) is 1. The smallest absolute Gasteiger partial charge is 0.262 e. The summed E-state index contributed by atoms with van der Waals surface area (Å²) in [7, 11) is 1.75. The molecule has 0 aliphatic heterocycles. The highest BCUT2D eigenvalue weighted by Gasteiger charge is 2.25. The van der Waals surface area contributed by atoms with Gasteiger partial charge in [0.25, 0.3) is 5.91 Å². The zero-order valence-electron chi connectivity index (χ0n) is 16.0. The molecule has 0 bridgehead atoms. The van der Waals surface area contributed by atoms with Crippen molar-refractivity contribution in [3.63, 3.8) is 0 Å². The lowest BCUT2D eigenvalue weighted by Crippen LogP contribution is -2.36. The van der Waals surface area contributed by atoms with E-state index < -0.39 is 5.41 Å². The van der Waals surface area contributed by atoms with Crippen LogP contribution in [0.1, 0.15) is 26.3 Å². The van der Waals surface area contributed by atoms with E-state index in [1.54, 1.807) is 36.2 Å². The molecule has 2 amide bonds. The van der Waals surface area contributed by atoms with Crippen LogP contribution in [0.3, 0.4) is 0 Å². The van der Waals surface area contributed by atoms with Crippen molar-refractivity contribution in [1.82, 2.24) is 0 Å². The molecule has 2 rings (SSSR count). The quantitative estimate of drug-likeness (QED) is 0.882. The van der Waals surface area contributed by atoms with Gasteiger partial charge in [0.2, 0.25) is 5.91 Å². The number of nitrogens with zero attached hydrogens (tertiary/aromatic N) is 1. The van der Waals surface area contributed by atoms with Crippen molar-refractivity contribution in [3.8, 4) is 5.75 Å². The number of carbonyl (C=O) groups excluding carboxylic acids is 2. The Balaban J connectivity index is 1.92. The van der Waals surface area contributed by atoms with Gasteiger partial charge in [-0.25, -0.2) is 0 Å². The minimum absolute atomic E-state index is 0.0313. The van der Waals surface area contributed by atoms with Crippen LogP contribution in [0.15, 0.2) is 48.5 Å². The van der Waals surface area contributed by atoms with E-state index in [-0.39, 0.29) is 18.4 Å². The molecule has 0 aliphatic rings. The zero-order chi connectivity index (χ0) is 19.3. The average Bonchev–Trinajstić information content (AvgIpc) is 2.60. The van der Waals surface area contributed by atoms with Crippen molar-refractivity contribution in [2.24, 2.45) is 5.41 Å². The first-order valence-corrected chi connectivity index (χ1v) is 8.55.